The van der Waals surface area contributed by atoms with Crippen molar-refractivity contribution in [2.24, 2.45) is 0 Å². The molecule has 0 saturated carbocycles. The van der Waals surface area contributed by atoms with Gasteiger partial charge in [0.15, 0.2) is 11.6 Å². The summed E-state index contributed by atoms with van der Waals surface area (Å²) >= 11 is 0. The van der Waals surface area contributed by atoms with E-state index in [2.05, 4.69) is 15.3 Å². The molecule has 0 aliphatic carbocycles. The first-order valence-electron chi connectivity index (χ1n) is 13.2. The van der Waals surface area contributed by atoms with Crippen LogP contribution >= 0.6 is 7.82 Å². The molecular formula is C27H28FN7O7P-. The monoisotopic (exact) mass is 612 g/mol. The van der Waals surface area contributed by atoms with Crippen molar-refractivity contribution in [2.75, 3.05) is 26.2 Å². The zero-order valence-electron chi connectivity index (χ0n) is 23.5. The molecule has 1 fully saturated rings. The Bertz CT molecular complexity index is 1710. The molecule has 1 atom stereocenters. The van der Waals surface area contributed by atoms with Gasteiger partial charge in [-0.25, -0.2) is 14.1 Å². The fourth-order valence-corrected chi connectivity index (χ4v) is 5.66. The number of hydrogen-bond donors (Lipinski definition) is 0. The van der Waals surface area contributed by atoms with Gasteiger partial charge in [-0.15, -0.1) is 5.10 Å². The van der Waals surface area contributed by atoms with E-state index in [9.17, 15) is 23.8 Å². The van der Waals surface area contributed by atoms with Crippen LogP contribution in [0.4, 0.5) is 4.39 Å². The highest BCUT2D eigenvalue weighted by molar-refractivity contribution is 7.45. The summed E-state index contributed by atoms with van der Waals surface area (Å²) in [6.07, 6.45) is 4.76. The summed E-state index contributed by atoms with van der Waals surface area (Å²) in [5.41, 5.74) is -0.962. The molecule has 0 spiro atoms. The van der Waals surface area contributed by atoms with Crippen molar-refractivity contribution < 1.29 is 37.3 Å². The van der Waals surface area contributed by atoms with E-state index < -0.39 is 37.7 Å². The van der Waals surface area contributed by atoms with Crippen molar-refractivity contribution in [3.8, 4) is 5.82 Å². The van der Waals surface area contributed by atoms with Crippen molar-refractivity contribution in [3.63, 3.8) is 0 Å². The molecule has 0 radical (unpaired) electrons. The van der Waals surface area contributed by atoms with Gasteiger partial charge in [-0.2, -0.15) is 0 Å². The van der Waals surface area contributed by atoms with E-state index in [-0.39, 0.29) is 54.4 Å². The van der Waals surface area contributed by atoms with Gasteiger partial charge in [0, 0.05) is 37.9 Å². The smallest absolute Gasteiger partial charge is 0.295 e. The molecule has 1 aliphatic heterocycles. The number of amides is 2. The van der Waals surface area contributed by atoms with Crippen LogP contribution < -0.4 is 4.89 Å². The molecule has 43 heavy (non-hydrogen) atoms. The van der Waals surface area contributed by atoms with Gasteiger partial charge in [-0.05, 0) is 32.9 Å². The van der Waals surface area contributed by atoms with Gasteiger partial charge in [-0.1, -0.05) is 23.4 Å². The standard InChI is InChI=1S/C27H29FN7O7P/c1-27(2,3)42-43(39,40)41-17-34-16-19(21-20(28)15-29-24(22(21)34)35-10-9-30-31-35)23(36)26(38)33-13-11-32(12-14-33)25(37)18-7-5-4-6-8-18/h4-10,15-16H,11-14,17H2,1-3H3,(H,39,40)/p-1. The van der Waals surface area contributed by atoms with E-state index in [1.165, 1.54) is 42.7 Å². The van der Waals surface area contributed by atoms with E-state index in [4.69, 9.17) is 9.05 Å². The quantitative estimate of drug-likeness (QED) is 0.164. The number of carbonyl (C=O) groups is 3. The summed E-state index contributed by atoms with van der Waals surface area (Å²) in [4.78, 5) is 59.1. The highest BCUT2D eigenvalue weighted by Gasteiger charge is 2.32. The Hall–Kier alpha value is -4.30. The normalized spacial score (nSPS) is 15.5. The lowest BCUT2D eigenvalue weighted by atomic mass is 10.1. The predicted octanol–water partition coefficient (Wildman–Crippen LogP) is 2.18. The molecule has 1 aliphatic rings. The number of Topliss-reactive ketones (excluding diaryl/α,β-unsaturated/α-hetero) is 1. The van der Waals surface area contributed by atoms with Crippen LogP contribution in [0.5, 0.6) is 0 Å². The van der Waals surface area contributed by atoms with E-state index in [0.29, 0.717) is 5.56 Å². The summed E-state index contributed by atoms with van der Waals surface area (Å²) < 4.78 is 40.2. The van der Waals surface area contributed by atoms with Gasteiger partial charge in [-0.3, -0.25) is 23.5 Å². The van der Waals surface area contributed by atoms with E-state index >= 15 is 4.39 Å². The van der Waals surface area contributed by atoms with Crippen LogP contribution in [0.1, 0.15) is 41.5 Å². The van der Waals surface area contributed by atoms with E-state index in [1.54, 1.807) is 35.2 Å². The number of aromatic nitrogens is 5. The van der Waals surface area contributed by atoms with Crippen molar-refractivity contribution in [1.29, 1.82) is 0 Å². The van der Waals surface area contributed by atoms with Gasteiger partial charge < -0.3 is 23.8 Å². The van der Waals surface area contributed by atoms with Crippen LogP contribution in [0.2, 0.25) is 0 Å². The summed E-state index contributed by atoms with van der Waals surface area (Å²) in [5, 5.41) is 7.31. The number of halogens is 1. The Labute approximate surface area is 245 Å². The highest BCUT2D eigenvalue weighted by Crippen LogP contribution is 2.43. The Balaban J connectivity index is 1.43. The first kappa shape index (κ1) is 30.2. The number of phosphoric acid groups is 1. The predicted molar refractivity (Wildman–Crippen MR) is 147 cm³/mol. The molecule has 0 N–H and O–H groups in total. The molecule has 226 valence electrons. The van der Waals surface area contributed by atoms with Gasteiger partial charge in [0.25, 0.3) is 25.4 Å². The van der Waals surface area contributed by atoms with E-state index in [0.717, 1.165) is 17.0 Å². The Morgan fingerprint density at radius 2 is 1.74 bits per heavy atom. The van der Waals surface area contributed by atoms with Crippen LogP contribution in [-0.4, -0.2) is 83.7 Å². The minimum atomic E-state index is -4.85. The number of phosphoric ester groups is 1. The number of carbonyl (C=O) groups excluding carboxylic acids is 3. The van der Waals surface area contributed by atoms with Crippen molar-refractivity contribution >= 4 is 36.3 Å². The minimum Gasteiger partial charge on any atom is -0.756 e. The zero-order chi connectivity index (χ0) is 30.9. The minimum absolute atomic E-state index is 0.00880. The lowest BCUT2D eigenvalue weighted by Crippen LogP contribution is -2.52. The van der Waals surface area contributed by atoms with E-state index in [1.807, 2.05) is 0 Å². The van der Waals surface area contributed by atoms with Crippen LogP contribution in [0, 0.1) is 5.82 Å². The molecule has 4 heterocycles. The SMILES string of the molecule is CC(C)(C)OP(=O)([O-])OCn1cc(C(=O)C(=O)N2CCN(C(=O)c3ccccc3)CC2)c2c(F)cnc(-n3ccnn3)c21. The summed E-state index contributed by atoms with van der Waals surface area (Å²) in [5.74, 6) is -3.05. The number of ketones is 1. The molecule has 1 aromatic carbocycles. The first-order valence-corrected chi connectivity index (χ1v) is 14.7. The molecule has 3 aromatic heterocycles. The van der Waals surface area contributed by atoms with Gasteiger partial charge in [0.1, 0.15) is 6.73 Å². The fourth-order valence-electron chi connectivity index (χ4n) is 4.67. The Morgan fingerprint density at radius 1 is 1.07 bits per heavy atom. The maximum Gasteiger partial charge on any atom is 0.295 e. The highest BCUT2D eigenvalue weighted by atomic mass is 31.2. The second-order valence-corrected chi connectivity index (χ2v) is 12.0. The summed E-state index contributed by atoms with van der Waals surface area (Å²) in [6, 6.07) is 8.70. The van der Waals surface area contributed by atoms with Gasteiger partial charge in [0.2, 0.25) is 0 Å². The molecule has 0 bridgehead atoms. The Kier molecular flexibility index (Phi) is 8.25. The molecule has 2 amide bonds. The van der Waals surface area contributed by atoms with Gasteiger partial charge in [0.05, 0.1) is 40.7 Å². The third kappa shape index (κ3) is 6.54. The van der Waals surface area contributed by atoms with Gasteiger partial charge >= 0.3 is 0 Å². The summed E-state index contributed by atoms with van der Waals surface area (Å²) in [6.45, 7) is 4.41. The van der Waals surface area contributed by atoms with Crippen molar-refractivity contribution in [2.45, 2.75) is 33.1 Å². The number of rotatable bonds is 8. The lowest BCUT2D eigenvalue weighted by Gasteiger charge is -2.34. The number of hydrogen-bond acceptors (Lipinski definition) is 10. The summed E-state index contributed by atoms with van der Waals surface area (Å²) in [7, 11) is -4.85. The van der Waals surface area contributed by atoms with Crippen LogP contribution in [0.25, 0.3) is 16.7 Å². The maximum atomic E-state index is 15.3. The second kappa shape index (κ2) is 11.8. The number of nitrogens with zero attached hydrogens (tertiary/aromatic N) is 7. The van der Waals surface area contributed by atoms with Crippen molar-refractivity contribution in [1.82, 2.24) is 34.3 Å². The zero-order valence-corrected chi connectivity index (χ0v) is 24.4. The average molecular weight is 613 g/mol. The largest absolute Gasteiger partial charge is 0.756 e. The molecule has 16 heteroatoms. The van der Waals surface area contributed by atoms with Crippen LogP contribution in [0.15, 0.2) is 55.1 Å². The van der Waals surface area contributed by atoms with Crippen molar-refractivity contribution in [3.05, 3.63) is 72.1 Å². The number of fused-ring (bicyclic) bond motifs is 1. The molecule has 1 saturated heterocycles. The van der Waals surface area contributed by atoms with Crippen LogP contribution in [0.3, 0.4) is 0 Å². The number of benzene rings is 1. The first-order chi connectivity index (χ1) is 20.3. The number of pyridine rings is 1. The lowest BCUT2D eigenvalue weighted by molar-refractivity contribution is -0.236. The second-order valence-electron chi connectivity index (χ2n) is 10.7. The molecule has 5 rings (SSSR count). The molecule has 1 unspecified atom stereocenters. The Morgan fingerprint density at radius 3 is 2.37 bits per heavy atom. The molecular weight excluding hydrogens is 584 g/mol. The number of piperazine rings is 1. The third-order valence-corrected chi connectivity index (χ3v) is 7.73. The average Bonchev–Trinajstić information content (AvgIpc) is 3.64. The topological polar surface area (TPSA) is 165 Å². The molecule has 4 aromatic rings. The maximum absolute atomic E-state index is 15.3. The fraction of sp³-hybridized carbons (Fsp3) is 0.333. The van der Waals surface area contributed by atoms with Crippen LogP contribution in [-0.2, 0) is 25.1 Å². The third-order valence-electron chi connectivity index (χ3n) is 6.52. The molecule has 14 nitrogen and oxygen atoms in total.